The van der Waals surface area contributed by atoms with Gasteiger partial charge in [0.15, 0.2) is 5.75 Å². The maximum Gasteiger partial charge on any atom is 0.290 e. The van der Waals surface area contributed by atoms with Crippen molar-refractivity contribution in [1.29, 1.82) is 0 Å². The smallest absolute Gasteiger partial charge is 0.290 e. The lowest BCUT2D eigenvalue weighted by Gasteiger charge is -2.24. The number of hydrogen-bond acceptors (Lipinski definition) is 5. The first-order chi connectivity index (χ1) is 13.3. The van der Waals surface area contributed by atoms with E-state index < -0.39 is 5.56 Å². The molecule has 0 bridgehead atoms. The zero-order valence-electron chi connectivity index (χ0n) is 15.8. The number of halogens is 1. The van der Waals surface area contributed by atoms with Crippen LogP contribution < -0.4 is 16.4 Å². The van der Waals surface area contributed by atoms with E-state index in [-0.39, 0.29) is 44.7 Å². The lowest BCUT2D eigenvalue weighted by Crippen LogP contribution is -2.35. The summed E-state index contributed by atoms with van der Waals surface area (Å²) in [6.45, 7) is 0. The summed E-state index contributed by atoms with van der Waals surface area (Å²) in [5.41, 5.74) is -0.524. The van der Waals surface area contributed by atoms with Gasteiger partial charge in [0, 0.05) is 14.1 Å². The van der Waals surface area contributed by atoms with Gasteiger partial charge in [-0.1, -0.05) is 25.3 Å². The molecule has 1 aliphatic rings. The number of nitrogens with zero attached hydrogens (tertiary/aromatic N) is 2. The van der Waals surface area contributed by atoms with Gasteiger partial charge in [-0.2, -0.15) is 0 Å². The van der Waals surface area contributed by atoms with Crippen LogP contribution in [0.5, 0.6) is 5.75 Å². The molecule has 1 aromatic heterocycles. The van der Waals surface area contributed by atoms with Crippen LogP contribution in [-0.2, 0) is 0 Å². The van der Waals surface area contributed by atoms with Gasteiger partial charge in [-0.3, -0.25) is 19.5 Å². The molecular weight excluding hydrogens is 428 g/mol. The molecule has 1 heterocycles. The number of rotatable bonds is 4. The molecule has 1 amide bonds. The summed E-state index contributed by atoms with van der Waals surface area (Å²) < 4.78 is 1.42. The minimum Gasteiger partial charge on any atom is -0.505 e. The minimum atomic E-state index is -0.437. The highest BCUT2D eigenvalue weighted by molar-refractivity contribution is 9.10. The molecule has 0 spiro atoms. The van der Waals surface area contributed by atoms with E-state index in [9.17, 15) is 19.5 Å². The second-order valence-electron chi connectivity index (χ2n) is 7.12. The van der Waals surface area contributed by atoms with Crippen LogP contribution in [-0.4, -0.2) is 39.8 Å². The molecule has 1 saturated carbocycles. The summed E-state index contributed by atoms with van der Waals surface area (Å²) in [5.74, 6) is -0.650. The van der Waals surface area contributed by atoms with Gasteiger partial charge in [0.25, 0.3) is 17.0 Å². The number of hydrogen-bond donors (Lipinski definition) is 3. The van der Waals surface area contributed by atoms with Crippen molar-refractivity contribution in [3.63, 3.8) is 0 Å². The van der Waals surface area contributed by atoms with Crippen LogP contribution in [0.4, 0.5) is 11.4 Å². The molecule has 0 saturated heterocycles. The highest BCUT2D eigenvalue weighted by Gasteiger charge is 2.22. The van der Waals surface area contributed by atoms with Gasteiger partial charge < -0.3 is 15.3 Å². The fraction of sp³-hybridized carbons (Fsp3) is 0.421. The maximum atomic E-state index is 13.0. The van der Waals surface area contributed by atoms with Crippen LogP contribution in [0.1, 0.15) is 48.5 Å². The van der Waals surface area contributed by atoms with Gasteiger partial charge in [-0.05, 0) is 40.9 Å². The number of nitrogens with one attached hydrogen (secondary N) is 2. The predicted octanol–water partition coefficient (Wildman–Crippen LogP) is 2.96. The molecule has 0 aliphatic heterocycles. The Labute approximate surface area is 170 Å². The maximum absolute atomic E-state index is 13.0. The minimum absolute atomic E-state index is 0.0269. The third kappa shape index (κ3) is 3.84. The number of aromatic nitrogens is 2. The lowest BCUT2D eigenvalue weighted by atomic mass is 9.96. The Balaban J connectivity index is 2.05. The van der Waals surface area contributed by atoms with E-state index in [4.69, 9.17) is 0 Å². The standard InChI is InChI=1S/C19H23BrN4O4/c1-23(2)18(27)12-9-6-10-13(16(12)25)21-15-14(20)17(26)22-24(19(15)28)11-7-4-3-5-8-11/h6,9-11,21,25H,3-5,7-8H2,1-2H3,(H,22,26). The number of aromatic hydroxyl groups is 1. The number of carbonyl (C=O) groups excluding carboxylic acids is 1. The van der Waals surface area contributed by atoms with Gasteiger partial charge >= 0.3 is 0 Å². The first kappa shape index (κ1) is 20.2. The van der Waals surface area contributed by atoms with Crippen molar-refractivity contribution in [2.45, 2.75) is 38.1 Å². The number of amides is 1. The van der Waals surface area contributed by atoms with Crippen molar-refractivity contribution >= 4 is 33.2 Å². The van der Waals surface area contributed by atoms with Crippen molar-refractivity contribution in [2.24, 2.45) is 0 Å². The molecule has 0 atom stereocenters. The molecule has 2 aromatic rings. The Hall–Kier alpha value is -2.55. The van der Waals surface area contributed by atoms with Crippen LogP contribution in [0.25, 0.3) is 0 Å². The Morgan fingerprint density at radius 3 is 2.57 bits per heavy atom. The third-order valence-electron chi connectivity index (χ3n) is 4.95. The normalized spacial score (nSPS) is 14.7. The van der Waals surface area contributed by atoms with Crippen molar-refractivity contribution in [2.75, 3.05) is 19.4 Å². The lowest BCUT2D eigenvalue weighted by molar-refractivity contribution is 0.0824. The van der Waals surface area contributed by atoms with Gasteiger partial charge in [0.05, 0.1) is 17.3 Å². The molecular formula is C19H23BrN4O4. The second kappa shape index (κ2) is 8.22. The van der Waals surface area contributed by atoms with Gasteiger partial charge in [-0.25, -0.2) is 4.68 Å². The Bertz CT molecular complexity index is 1010. The summed E-state index contributed by atoms with van der Waals surface area (Å²) in [6.07, 6.45) is 4.79. The average molecular weight is 451 g/mol. The fourth-order valence-electron chi connectivity index (χ4n) is 3.43. The number of para-hydroxylation sites is 1. The van der Waals surface area contributed by atoms with Crippen LogP contribution in [0.15, 0.2) is 32.3 Å². The monoisotopic (exact) mass is 450 g/mol. The molecule has 0 radical (unpaired) electrons. The third-order valence-corrected chi connectivity index (χ3v) is 5.70. The van der Waals surface area contributed by atoms with Crippen LogP contribution in [0, 0.1) is 0 Å². The Morgan fingerprint density at radius 1 is 1.25 bits per heavy atom. The Kier molecular flexibility index (Phi) is 5.93. The van der Waals surface area contributed by atoms with E-state index >= 15 is 0 Å². The number of anilines is 2. The predicted molar refractivity (Wildman–Crippen MR) is 111 cm³/mol. The fourth-order valence-corrected chi connectivity index (χ4v) is 3.79. The van der Waals surface area contributed by atoms with E-state index in [0.717, 1.165) is 32.1 Å². The largest absolute Gasteiger partial charge is 0.505 e. The van der Waals surface area contributed by atoms with E-state index in [2.05, 4.69) is 26.3 Å². The quantitative estimate of drug-likeness (QED) is 0.620. The molecule has 1 aliphatic carbocycles. The summed E-state index contributed by atoms with van der Waals surface area (Å²) >= 11 is 3.17. The first-order valence-electron chi connectivity index (χ1n) is 9.16. The molecule has 3 rings (SSSR count). The van der Waals surface area contributed by atoms with Crippen LogP contribution >= 0.6 is 15.9 Å². The number of benzene rings is 1. The SMILES string of the molecule is CN(C)C(=O)c1cccc(Nc2c(Br)c(=O)[nH]n(C3CCCCC3)c2=O)c1O. The van der Waals surface area contributed by atoms with Crippen LogP contribution in [0.3, 0.4) is 0 Å². The average Bonchev–Trinajstić information content (AvgIpc) is 2.69. The van der Waals surface area contributed by atoms with Crippen molar-refractivity contribution in [3.05, 3.63) is 48.9 Å². The number of phenols is 1. The zero-order valence-corrected chi connectivity index (χ0v) is 17.4. The van der Waals surface area contributed by atoms with E-state index in [0.29, 0.717) is 0 Å². The summed E-state index contributed by atoms with van der Waals surface area (Å²) in [6, 6.07) is 4.58. The number of aromatic amines is 1. The highest BCUT2D eigenvalue weighted by Crippen LogP contribution is 2.32. The Morgan fingerprint density at radius 2 is 1.93 bits per heavy atom. The first-order valence-corrected chi connectivity index (χ1v) is 9.95. The highest BCUT2D eigenvalue weighted by atomic mass is 79.9. The number of carbonyl (C=O) groups is 1. The molecule has 9 heteroatoms. The summed E-state index contributed by atoms with van der Waals surface area (Å²) in [5, 5.41) is 16.0. The molecule has 28 heavy (non-hydrogen) atoms. The number of H-pyrrole nitrogens is 1. The molecule has 1 aromatic carbocycles. The zero-order chi connectivity index (χ0) is 20.4. The molecule has 0 unspecified atom stereocenters. The summed E-state index contributed by atoms with van der Waals surface area (Å²) in [7, 11) is 3.16. The van der Waals surface area contributed by atoms with Gasteiger partial charge in [0.2, 0.25) is 0 Å². The van der Waals surface area contributed by atoms with Crippen molar-refractivity contribution in [1.82, 2.24) is 14.7 Å². The van der Waals surface area contributed by atoms with Crippen molar-refractivity contribution in [3.8, 4) is 5.75 Å². The summed E-state index contributed by atoms with van der Waals surface area (Å²) in [4.78, 5) is 39.0. The molecule has 1 fully saturated rings. The van der Waals surface area contributed by atoms with Crippen LogP contribution in [0.2, 0.25) is 0 Å². The molecule has 3 N–H and O–H groups in total. The van der Waals surface area contributed by atoms with E-state index in [1.165, 1.54) is 15.6 Å². The topological polar surface area (TPSA) is 107 Å². The second-order valence-corrected chi connectivity index (χ2v) is 7.92. The van der Waals surface area contributed by atoms with Gasteiger partial charge in [0.1, 0.15) is 10.2 Å². The van der Waals surface area contributed by atoms with E-state index in [1.807, 2.05) is 0 Å². The molecule has 8 nitrogen and oxygen atoms in total. The van der Waals surface area contributed by atoms with Crippen molar-refractivity contribution < 1.29 is 9.90 Å². The molecule has 150 valence electrons. The van der Waals surface area contributed by atoms with E-state index in [1.54, 1.807) is 26.2 Å². The number of phenolic OH excluding ortho intramolecular Hbond substituents is 1. The van der Waals surface area contributed by atoms with Gasteiger partial charge in [-0.15, -0.1) is 0 Å².